The molecule has 2 amide bonds. The number of hydrogen-bond acceptors (Lipinski definition) is 8. The normalized spacial score (nSPS) is 16.8. The summed E-state index contributed by atoms with van der Waals surface area (Å²) in [6.07, 6.45) is 1.25. The lowest BCUT2D eigenvalue weighted by Crippen LogP contribution is -2.39. The van der Waals surface area contributed by atoms with Crippen LogP contribution in [0, 0.1) is 0 Å². The van der Waals surface area contributed by atoms with Gasteiger partial charge in [0.15, 0.2) is 0 Å². The molecule has 2 aliphatic heterocycles. The van der Waals surface area contributed by atoms with Crippen LogP contribution in [0.1, 0.15) is 50.0 Å². The average molecular weight is 468 g/mol. The van der Waals surface area contributed by atoms with Crippen molar-refractivity contribution in [1.29, 1.82) is 0 Å². The van der Waals surface area contributed by atoms with Crippen molar-refractivity contribution in [2.24, 2.45) is 0 Å². The molecule has 1 aromatic carbocycles. The van der Waals surface area contributed by atoms with Crippen LogP contribution >= 0.6 is 11.3 Å². The summed E-state index contributed by atoms with van der Waals surface area (Å²) in [5.41, 5.74) is 2.45. The van der Waals surface area contributed by atoms with E-state index >= 15 is 0 Å². The van der Waals surface area contributed by atoms with Crippen LogP contribution in [0.25, 0.3) is 0 Å². The fourth-order valence-electron chi connectivity index (χ4n) is 3.93. The Morgan fingerprint density at radius 2 is 2.03 bits per heavy atom. The summed E-state index contributed by atoms with van der Waals surface area (Å²) >= 11 is 1.49. The minimum absolute atomic E-state index is 0.121. The van der Waals surface area contributed by atoms with Gasteiger partial charge in [0.25, 0.3) is 5.91 Å². The number of ether oxygens (including phenoxy) is 2. The molecule has 4 heterocycles. The Kier molecular flexibility index (Phi) is 5.51. The highest BCUT2D eigenvalue weighted by Gasteiger charge is 2.34. The topological polar surface area (TPSA) is 110 Å². The number of fused-ring (bicyclic) bond motifs is 3. The lowest BCUT2D eigenvalue weighted by molar-refractivity contribution is 0.0701. The van der Waals surface area contributed by atoms with Crippen molar-refractivity contribution in [3.8, 4) is 5.75 Å². The van der Waals surface area contributed by atoms with E-state index in [0.717, 1.165) is 21.0 Å². The van der Waals surface area contributed by atoms with Gasteiger partial charge in [-0.3, -0.25) is 4.79 Å². The van der Waals surface area contributed by atoms with Crippen molar-refractivity contribution in [3.63, 3.8) is 0 Å². The number of nitrogens with zero attached hydrogens (tertiary/aromatic N) is 1. The van der Waals surface area contributed by atoms with Crippen LogP contribution in [-0.4, -0.2) is 36.0 Å². The van der Waals surface area contributed by atoms with Gasteiger partial charge in [0.1, 0.15) is 16.9 Å². The summed E-state index contributed by atoms with van der Waals surface area (Å²) in [5, 5.41) is 7.16. The first-order chi connectivity index (χ1) is 16.0. The molecule has 1 unspecified atom stereocenters. The zero-order valence-electron chi connectivity index (χ0n) is 17.8. The van der Waals surface area contributed by atoms with E-state index in [9.17, 15) is 14.4 Å². The van der Waals surface area contributed by atoms with Gasteiger partial charge in [-0.2, -0.15) is 0 Å². The number of furan rings is 1. The standard InChI is InChI=1S/C23H21N3O6S/c1-2-30-23(29)26-10-9-15-17(12-26)33-21-18(15)20(27)24-19(25-21)13-5-7-14(8-6-13)32-22(28)16-4-3-11-31-16/h3-8,11,19,25H,2,9-10,12H2,1H3,(H,24,27). The van der Waals surface area contributed by atoms with Crippen LogP contribution in [0.2, 0.25) is 0 Å². The molecule has 3 aromatic rings. The lowest BCUT2D eigenvalue weighted by Gasteiger charge is -2.28. The number of anilines is 1. The second kappa shape index (κ2) is 8.62. The van der Waals surface area contributed by atoms with E-state index in [-0.39, 0.29) is 17.8 Å². The summed E-state index contributed by atoms with van der Waals surface area (Å²) in [4.78, 5) is 39.7. The highest BCUT2D eigenvalue weighted by molar-refractivity contribution is 7.16. The SMILES string of the molecule is CCOC(=O)N1CCc2c(sc3c2C(=O)NC(c2ccc(OC(=O)c4ccco4)cc2)N3)C1. The number of amides is 2. The fraction of sp³-hybridized carbons (Fsp3) is 0.261. The molecule has 9 nitrogen and oxygen atoms in total. The molecule has 0 spiro atoms. The predicted octanol–water partition coefficient (Wildman–Crippen LogP) is 3.93. The van der Waals surface area contributed by atoms with Crippen molar-refractivity contribution in [2.45, 2.75) is 26.1 Å². The van der Waals surface area contributed by atoms with E-state index in [1.54, 1.807) is 42.2 Å². The Hall–Kier alpha value is -3.79. The van der Waals surface area contributed by atoms with Gasteiger partial charge in [-0.25, -0.2) is 9.59 Å². The molecule has 2 N–H and O–H groups in total. The van der Waals surface area contributed by atoms with Gasteiger partial charge >= 0.3 is 12.1 Å². The van der Waals surface area contributed by atoms with Gasteiger partial charge in [0.2, 0.25) is 5.76 Å². The maximum absolute atomic E-state index is 12.9. The number of benzene rings is 1. The molecule has 5 rings (SSSR count). The summed E-state index contributed by atoms with van der Waals surface area (Å²) in [6, 6.07) is 10.0. The molecule has 33 heavy (non-hydrogen) atoms. The third-order valence-corrected chi connectivity index (χ3v) is 6.66. The average Bonchev–Trinajstić information content (AvgIpc) is 3.47. The smallest absolute Gasteiger partial charge is 0.410 e. The predicted molar refractivity (Wildman–Crippen MR) is 119 cm³/mol. The molecule has 170 valence electrons. The molecular weight excluding hydrogens is 446 g/mol. The van der Waals surface area contributed by atoms with Gasteiger partial charge in [-0.05, 0) is 48.7 Å². The zero-order valence-corrected chi connectivity index (χ0v) is 18.6. The zero-order chi connectivity index (χ0) is 22.9. The number of carbonyl (C=O) groups excluding carboxylic acids is 3. The molecule has 0 saturated heterocycles. The van der Waals surface area contributed by atoms with Gasteiger partial charge < -0.3 is 29.4 Å². The van der Waals surface area contributed by atoms with Crippen molar-refractivity contribution in [2.75, 3.05) is 18.5 Å². The third kappa shape index (κ3) is 4.05. The summed E-state index contributed by atoms with van der Waals surface area (Å²) < 4.78 is 15.4. The fourth-order valence-corrected chi connectivity index (χ4v) is 5.22. The third-order valence-electron chi connectivity index (χ3n) is 5.51. The van der Waals surface area contributed by atoms with Crippen LogP contribution < -0.4 is 15.4 Å². The first-order valence-electron chi connectivity index (χ1n) is 10.5. The van der Waals surface area contributed by atoms with Gasteiger partial charge in [0, 0.05) is 11.4 Å². The number of hydrogen-bond donors (Lipinski definition) is 2. The number of nitrogens with one attached hydrogen (secondary N) is 2. The van der Waals surface area contributed by atoms with E-state index in [1.165, 1.54) is 23.7 Å². The molecule has 0 aliphatic carbocycles. The van der Waals surface area contributed by atoms with Crippen molar-refractivity contribution >= 4 is 34.3 Å². The Balaban J connectivity index is 1.30. The molecule has 0 radical (unpaired) electrons. The Labute approximate surface area is 193 Å². The van der Waals surface area contributed by atoms with Gasteiger partial charge in [-0.15, -0.1) is 11.3 Å². The second-order valence-corrected chi connectivity index (χ2v) is 8.67. The van der Waals surface area contributed by atoms with Crippen molar-refractivity contribution in [3.05, 3.63) is 70.0 Å². The summed E-state index contributed by atoms with van der Waals surface area (Å²) in [5.74, 6) is -0.240. The molecule has 10 heteroatoms. The van der Waals surface area contributed by atoms with Crippen LogP contribution in [0.3, 0.4) is 0 Å². The molecular formula is C23H21N3O6S. The highest BCUT2D eigenvalue weighted by atomic mass is 32.1. The molecule has 0 fully saturated rings. The van der Waals surface area contributed by atoms with Gasteiger partial charge in [0.05, 0.1) is 25.0 Å². The Morgan fingerprint density at radius 3 is 2.76 bits per heavy atom. The van der Waals surface area contributed by atoms with E-state index < -0.39 is 12.1 Å². The monoisotopic (exact) mass is 467 g/mol. The molecule has 0 bridgehead atoms. The van der Waals surface area contributed by atoms with Crippen LogP contribution in [0.15, 0.2) is 47.1 Å². The largest absolute Gasteiger partial charge is 0.457 e. The maximum Gasteiger partial charge on any atom is 0.410 e. The first-order valence-corrected chi connectivity index (χ1v) is 11.3. The van der Waals surface area contributed by atoms with Crippen LogP contribution in [0.5, 0.6) is 5.75 Å². The van der Waals surface area contributed by atoms with Crippen LogP contribution in [-0.2, 0) is 17.7 Å². The number of rotatable bonds is 4. The van der Waals surface area contributed by atoms with Gasteiger partial charge in [-0.1, -0.05) is 12.1 Å². The molecule has 0 saturated carbocycles. The maximum atomic E-state index is 12.9. The second-order valence-electron chi connectivity index (χ2n) is 7.57. The quantitative estimate of drug-likeness (QED) is 0.442. The highest BCUT2D eigenvalue weighted by Crippen LogP contribution is 2.41. The van der Waals surface area contributed by atoms with E-state index in [1.807, 2.05) is 0 Å². The van der Waals surface area contributed by atoms with Crippen molar-refractivity contribution < 1.29 is 28.3 Å². The minimum Gasteiger partial charge on any atom is -0.457 e. The molecule has 1 atom stereocenters. The van der Waals surface area contributed by atoms with Crippen LogP contribution in [0.4, 0.5) is 9.80 Å². The Morgan fingerprint density at radius 1 is 1.21 bits per heavy atom. The summed E-state index contributed by atoms with van der Waals surface area (Å²) in [6.45, 7) is 3.06. The first kappa shape index (κ1) is 21.1. The molecule has 2 aliphatic rings. The number of thiophene rings is 1. The van der Waals surface area contributed by atoms with E-state index in [0.29, 0.717) is 37.4 Å². The van der Waals surface area contributed by atoms with Crippen molar-refractivity contribution in [1.82, 2.24) is 10.2 Å². The van der Waals surface area contributed by atoms with E-state index in [2.05, 4.69) is 10.6 Å². The minimum atomic E-state index is -0.581. The Bertz CT molecular complexity index is 1200. The summed E-state index contributed by atoms with van der Waals surface area (Å²) in [7, 11) is 0. The number of esters is 1. The number of carbonyl (C=O) groups is 3. The molecule has 2 aromatic heterocycles. The lowest BCUT2D eigenvalue weighted by atomic mass is 10.0. The van der Waals surface area contributed by atoms with E-state index in [4.69, 9.17) is 13.9 Å².